The molecule has 2 aliphatic heterocycles. The molecule has 1 N–H and O–H groups in total. The Balaban J connectivity index is 1.64. The Morgan fingerprint density at radius 2 is 1.85 bits per heavy atom. The van der Waals surface area contributed by atoms with Gasteiger partial charge in [0.15, 0.2) is 11.5 Å². The normalized spacial score (nSPS) is 25.6. The molecule has 26 heavy (non-hydrogen) atoms. The Bertz CT molecular complexity index is 605. The van der Waals surface area contributed by atoms with Gasteiger partial charge in [0.05, 0.1) is 14.2 Å². The first-order chi connectivity index (χ1) is 12.7. The van der Waals surface area contributed by atoms with Crippen molar-refractivity contribution in [3.05, 3.63) is 23.8 Å². The van der Waals surface area contributed by atoms with E-state index in [4.69, 9.17) is 9.47 Å². The van der Waals surface area contributed by atoms with E-state index in [1.165, 1.54) is 38.6 Å². The van der Waals surface area contributed by atoms with Crippen molar-refractivity contribution in [1.82, 2.24) is 10.2 Å². The molecule has 0 aromatic heterocycles. The number of ether oxygens (including phenoxy) is 2. The smallest absolute Gasteiger partial charge is 0.251 e. The standard InChI is InChI=1S/C21H32N2O3/c1-4-5-11-23-17-7-6-8-18(23)14-16(13-17)22-21(24)15-9-10-19(25-2)20(12-15)26-3/h9-10,12,16-18H,4-8,11,13-14H2,1-3H3,(H,22,24)/t16?,17-,18+. The molecule has 2 bridgehead atoms. The SMILES string of the molecule is CCCCN1[C@@H]2CCC[C@H]1CC(NC(=O)c1ccc(OC)c(OC)c1)C2. The molecule has 2 aliphatic rings. The summed E-state index contributed by atoms with van der Waals surface area (Å²) in [7, 11) is 3.19. The number of rotatable bonds is 7. The van der Waals surface area contributed by atoms with Crippen LogP contribution >= 0.6 is 0 Å². The Labute approximate surface area is 157 Å². The first-order valence-electron chi connectivity index (χ1n) is 9.94. The fourth-order valence-corrected chi connectivity index (χ4v) is 4.55. The van der Waals surface area contributed by atoms with Gasteiger partial charge < -0.3 is 14.8 Å². The second-order valence-corrected chi connectivity index (χ2v) is 7.54. The van der Waals surface area contributed by atoms with Crippen LogP contribution in [0.1, 0.15) is 62.2 Å². The topological polar surface area (TPSA) is 50.8 Å². The van der Waals surface area contributed by atoms with Gasteiger partial charge in [-0.3, -0.25) is 9.69 Å². The molecule has 144 valence electrons. The highest BCUT2D eigenvalue weighted by atomic mass is 16.5. The summed E-state index contributed by atoms with van der Waals surface area (Å²) in [6, 6.07) is 6.87. The summed E-state index contributed by atoms with van der Waals surface area (Å²) >= 11 is 0. The van der Waals surface area contributed by atoms with E-state index < -0.39 is 0 Å². The van der Waals surface area contributed by atoms with Crippen LogP contribution in [0.25, 0.3) is 0 Å². The van der Waals surface area contributed by atoms with E-state index in [1.807, 2.05) is 0 Å². The maximum Gasteiger partial charge on any atom is 0.251 e. The Kier molecular flexibility index (Phi) is 6.41. The van der Waals surface area contributed by atoms with Gasteiger partial charge in [-0.15, -0.1) is 0 Å². The van der Waals surface area contributed by atoms with Crippen molar-refractivity contribution in [2.45, 2.75) is 70.0 Å². The Morgan fingerprint density at radius 3 is 2.46 bits per heavy atom. The first-order valence-corrected chi connectivity index (χ1v) is 9.94. The lowest BCUT2D eigenvalue weighted by atomic mass is 9.81. The average molecular weight is 360 g/mol. The van der Waals surface area contributed by atoms with Crippen LogP contribution in [0.4, 0.5) is 0 Å². The quantitative estimate of drug-likeness (QED) is 0.807. The van der Waals surface area contributed by atoms with Gasteiger partial charge in [0, 0.05) is 23.7 Å². The lowest BCUT2D eigenvalue weighted by molar-refractivity contribution is 0.0234. The number of carbonyl (C=O) groups excluding carboxylic acids is 1. The fourth-order valence-electron chi connectivity index (χ4n) is 4.55. The minimum absolute atomic E-state index is 0.0176. The van der Waals surface area contributed by atoms with Crippen molar-refractivity contribution in [2.75, 3.05) is 20.8 Å². The Morgan fingerprint density at radius 1 is 1.15 bits per heavy atom. The number of methoxy groups -OCH3 is 2. The lowest BCUT2D eigenvalue weighted by Crippen LogP contribution is -2.57. The van der Waals surface area contributed by atoms with Gasteiger partial charge in [-0.05, 0) is 56.8 Å². The summed E-state index contributed by atoms with van der Waals surface area (Å²) in [4.78, 5) is 15.4. The van der Waals surface area contributed by atoms with Crippen LogP contribution < -0.4 is 14.8 Å². The van der Waals surface area contributed by atoms with Crippen LogP contribution in [0.2, 0.25) is 0 Å². The third kappa shape index (κ3) is 4.14. The second-order valence-electron chi connectivity index (χ2n) is 7.54. The van der Waals surface area contributed by atoms with Crippen molar-refractivity contribution in [3.8, 4) is 11.5 Å². The summed E-state index contributed by atoms with van der Waals surface area (Å²) in [5, 5.41) is 3.27. The zero-order chi connectivity index (χ0) is 18.5. The van der Waals surface area contributed by atoms with Gasteiger partial charge in [-0.2, -0.15) is 0 Å². The van der Waals surface area contributed by atoms with Gasteiger partial charge in [0.2, 0.25) is 0 Å². The summed E-state index contributed by atoms with van der Waals surface area (Å²) in [5.41, 5.74) is 0.626. The number of nitrogens with one attached hydrogen (secondary N) is 1. The third-order valence-corrected chi connectivity index (χ3v) is 5.88. The van der Waals surface area contributed by atoms with Crippen molar-refractivity contribution < 1.29 is 14.3 Å². The number of hydrogen-bond donors (Lipinski definition) is 1. The number of nitrogens with zero attached hydrogens (tertiary/aromatic N) is 1. The summed E-state index contributed by atoms with van der Waals surface area (Å²) in [5.74, 6) is 1.21. The molecule has 2 fully saturated rings. The van der Waals surface area contributed by atoms with Crippen LogP contribution in [0.15, 0.2) is 18.2 Å². The molecular formula is C21H32N2O3. The summed E-state index contributed by atoms with van der Waals surface area (Å²) < 4.78 is 10.6. The molecule has 3 rings (SSSR count). The minimum atomic E-state index is -0.0176. The highest BCUT2D eigenvalue weighted by molar-refractivity contribution is 5.95. The number of piperidine rings is 2. The molecule has 1 amide bonds. The van der Waals surface area contributed by atoms with E-state index in [0.29, 0.717) is 29.1 Å². The molecule has 0 spiro atoms. The van der Waals surface area contributed by atoms with Crippen LogP contribution in [0.3, 0.4) is 0 Å². The van der Waals surface area contributed by atoms with Gasteiger partial charge in [0.25, 0.3) is 5.91 Å². The molecule has 2 saturated heterocycles. The highest BCUT2D eigenvalue weighted by Gasteiger charge is 2.38. The van der Waals surface area contributed by atoms with E-state index >= 15 is 0 Å². The molecule has 5 nitrogen and oxygen atoms in total. The van der Waals surface area contributed by atoms with Crippen molar-refractivity contribution >= 4 is 5.91 Å². The first kappa shape index (κ1) is 19.0. The van der Waals surface area contributed by atoms with E-state index in [0.717, 1.165) is 12.8 Å². The van der Waals surface area contributed by atoms with Crippen LogP contribution in [0.5, 0.6) is 11.5 Å². The monoisotopic (exact) mass is 360 g/mol. The van der Waals surface area contributed by atoms with Gasteiger partial charge in [-0.1, -0.05) is 19.8 Å². The van der Waals surface area contributed by atoms with Gasteiger partial charge >= 0.3 is 0 Å². The number of amides is 1. The van der Waals surface area contributed by atoms with Crippen molar-refractivity contribution in [1.29, 1.82) is 0 Å². The molecule has 0 aliphatic carbocycles. The molecule has 1 aromatic rings. The number of carbonyl (C=O) groups is 1. The van der Waals surface area contributed by atoms with E-state index in [9.17, 15) is 4.79 Å². The van der Waals surface area contributed by atoms with E-state index in [2.05, 4.69) is 17.1 Å². The number of unbranched alkanes of at least 4 members (excludes halogenated alkanes) is 1. The lowest BCUT2D eigenvalue weighted by Gasteiger charge is -2.49. The van der Waals surface area contributed by atoms with Crippen molar-refractivity contribution in [2.24, 2.45) is 0 Å². The van der Waals surface area contributed by atoms with Crippen LogP contribution in [0, 0.1) is 0 Å². The molecule has 5 heteroatoms. The zero-order valence-corrected chi connectivity index (χ0v) is 16.3. The number of fused-ring (bicyclic) bond motifs is 2. The van der Waals surface area contributed by atoms with Gasteiger partial charge in [-0.25, -0.2) is 0 Å². The highest BCUT2D eigenvalue weighted by Crippen LogP contribution is 2.34. The zero-order valence-electron chi connectivity index (χ0n) is 16.3. The maximum absolute atomic E-state index is 12.7. The number of hydrogen-bond acceptors (Lipinski definition) is 4. The third-order valence-electron chi connectivity index (χ3n) is 5.88. The minimum Gasteiger partial charge on any atom is -0.493 e. The summed E-state index contributed by atoms with van der Waals surface area (Å²) in [6.45, 7) is 3.47. The largest absolute Gasteiger partial charge is 0.493 e. The second kappa shape index (κ2) is 8.76. The van der Waals surface area contributed by atoms with E-state index in [1.54, 1.807) is 32.4 Å². The average Bonchev–Trinajstić information content (AvgIpc) is 2.65. The van der Waals surface area contributed by atoms with E-state index in [-0.39, 0.29) is 11.9 Å². The molecule has 1 unspecified atom stereocenters. The summed E-state index contributed by atoms with van der Waals surface area (Å²) in [6.07, 6.45) is 8.52. The molecule has 0 radical (unpaired) electrons. The Hall–Kier alpha value is -1.75. The number of benzene rings is 1. The predicted molar refractivity (Wildman–Crippen MR) is 103 cm³/mol. The van der Waals surface area contributed by atoms with Crippen LogP contribution in [-0.4, -0.2) is 49.7 Å². The predicted octanol–water partition coefficient (Wildman–Crippen LogP) is 3.62. The molecule has 3 atom stereocenters. The molecule has 1 aromatic carbocycles. The van der Waals surface area contributed by atoms with Crippen molar-refractivity contribution in [3.63, 3.8) is 0 Å². The maximum atomic E-state index is 12.7. The molecule has 0 saturated carbocycles. The van der Waals surface area contributed by atoms with Gasteiger partial charge in [0.1, 0.15) is 0 Å². The van der Waals surface area contributed by atoms with Crippen LogP contribution in [-0.2, 0) is 0 Å². The molecule has 2 heterocycles. The fraction of sp³-hybridized carbons (Fsp3) is 0.667. The molecular weight excluding hydrogens is 328 g/mol.